The van der Waals surface area contributed by atoms with Gasteiger partial charge in [0, 0.05) is 12.1 Å². The molecule has 0 radical (unpaired) electrons. The number of fused-ring (bicyclic) bond motifs is 1. The highest BCUT2D eigenvalue weighted by Crippen LogP contribution is 2.18. The summed E-state index contributed by atoms with van der Waals surface area (Å²) in [7, 11) is 0. The molecule has 3 rings (SSSR count). The number of carbonyl (C=O) groups is 1. The van der Waals surface area contributed by atoms with Gasteiger partial charge in [-0.25, -0.2) is 13.9 Å². The van der Waals surface area contributed by atoms with Crippen molar-refractivity contribution in [2.24, 2.45) is 0 Å². The maximum atomic E-state index is 12.9. The minimum atomic E-state index is -1.06. The molecule has 0 bridgehead atoms. The highest BCUT2D eigenvalue weighted by Gasteiger charge is 2.10. The predicted octanol–water partition coefficient (Wildman–Crippen LogP) is 1.46. The highest BCUT2D eigenvalue weighted by atomic mass is 19.1. The van der Waals surface area contributed by atoms with Crippen molar-refractivity contribution in [1.82, 2.24) is 14.6 Å². The molecule has 0 amide bonds. The van der Waals surface area contributed by atoms with Crippen molar-refractivity contribution in [2.45, 2.75) is 6.42 Å². The van der Waals surface area contributed by atoms with Crippen LogP contribution in [0, 0.1) is 5.82 Å². The zero-order chi connectivity index (χ0) is 15.0. The molecule has 1 aromatic carbocycles. The van der Waals surface area contributed by atoms with Gasteiger partial charge in [0.2, 0.25) is 0 Å². The number of H-pyrrole nitrogens is 1. The van der Waals surface area contributed by atoms with Crippen molar-refractivity contribution in [3.05, 3.63) is 58.3 Å². The fourth-order valence-electron chi connectivity index (χ4n) is 2.06. The van der Waals surface area contributed by atoms with Gasteiger partial charge in [-0.05, 0) is 29.8 Å². The quantitative estimate of drug-likeness (QED) is 0.763. The first-order valence-corrected chi connectivity index (χ1v) is 6.12. The van der Waals surface area contributed by atoms with Gasteiger partial charge in [-0.2, -0.15) is 0 Å². The lowest BCUT2D eigenvalue weighted by molar-refractivity contribution is -0.136. The van der Waals surface area contributed by atoms with Gasteiger partial charge in [0.05, 0.1) is 17.8 Å². The number of nitrogens with zero attached hydrogens (tertiary/aromatic N) is 2. The Bertz CT molecular complexity index is 881. The molecule has 106 valence electrons. The van der Waals surface area contributed by atoms with E-state index in [0.29, 0.717) is 16.9 Å². The smallest absolute Gasteiger partial charge is 0.309 e. The summed E-state index contributed by atoms with van der Waals surface area (Å²) in [5.41, 5.74) is 1.40. The molecule has 21 heavy (non-hydrogen) atoms. The van der Waals surface area contributed by atoms with Crippen LogP contribution in [0.25, 0.3) is 16.9 Å². The lowest BCUT2D eigenvalue weighted by atomic mass is 10.1. The van der Waals surface area contributed by atoms with Gasteiger partial charge in [0.15, 0.2) is 5.65 Å². The van der Waals surface area contributed by atoms with Gasteiger partial charge in [-0.1, -0.05) is 0 Å². The maximum Gasteiger partial charge on any atom is 0.309 e. The number of carboxylic acids is 1. The van der Waals surface area contributed by atoms with Crippen LogP contribution in [0.2, 0.25) is 0 Å². The number of halogens is 1. The van der Waals surface area contributed by atoms with Crippen LogP contribution in [0.4, 0.5) is 4.39 Å². The number of aliphatic carboxylic acids is 1. The summed E-state index contributed by atoms with van der Waals surface area (Å²) in [6, 6.07) is 8.55. The SMILES string of the molecule is O=C(O)Cc1cc(=O)n2[nH]c(-c3ccc(F)cc3)cc2n1. The number of aromatic nitrogens is 3. The van der Waals surface area contributed by atoms with E-state index in [1.54, 1.807) is 18.2 Å². The number of aromatic amines is 1. The van der Waals surface area contributed by atoms with E-state index >= 15 is 0 Å². The van der Waals surface area contributed by atoms with Crippen molar-refractivity contribution in [3.8, 4) is 11.3 Å². The van der Waals surface area contributed by atoms with Crippen molar-refractivity contribution in [3.63, 3.8) is 0 Å². The summed E-state index contributed by atoms with van der Waals surface area (Å²) >= 11 is 0. The second kappa shape index (κ2) is 4.86. The monoisotopic (exact) mass is 287 g/mol. The summed E-state index contributed by atoms with van der Waals surface area (Å²) < 4.78 is 14.1. The molecular formula is C14H10FN3O3. The maximum absolute atomic E-state index is 12.9. The third-order valence-electron chi connectivity index (χ3n) is 2.99. The number of hydrogen-bond acceptors (Lipinski definition) is 3. The Morgan fingerprint density at radius 2 is 2.00 bits per heavy atom. The summed E-state index contributed by atoms with van der Waals surface area (Å²) in [6.45, 7) is 0. The second-order valence-electron chi connectivity index (χ2n) is 4.53. The first kappa shape index (κ1) is 13.0. The molecule has 2 N–H and O–H groups in total. The molecule has 2 aromatic heterocycles. The van der Waals surface area contributed by atoms with E-state index in [0.717, 1.165) is 0 Å². The van der Waals surface area contributed by atoms with E-state index in [1.807, 2.05) is 0 Å². The minimum Gasteiger partial charge on any atom is -0.481 e. The van der Waals surface area contributed by atoms with E-state index in [2.05, 4.69) is 10.1 Å². The number of benzene rings is 1. The molecule has 0 aliphatic carbocycles. The Morgan fingerprint density at radius 1 is 1.29 bits per heavy atom. The average molecular weight is 287 g/mol. The van der Waals surface area contributed by atoms with Crippen molar-refractivity contribution < 1.29 is 14.3 Å². The van der Waals surface area contributed by atoms with Crippen LogP contribution in [0.1, 0.15) is 5.69 Å². The summed E-state index contributed by atoms with van der Waals surface area (Å²) in [4.78, 5) is 26.7. The standard InChI is InChI=1S/C14H10FN3O3/c15-9-3-1-8(2-4-9)11-7-12-16-10(6-14(20)21)5-13(19)18(12)17-11/h1-5,7,17H,6H2,(H,20,21). The molecule has 0 saturated heterocycles. The Morgan fingerprint density at radius 3 is 2.67 bits per heavy atom. The summed E-state index contributed by atoms with van der Waals surface area (Å²) in [5, 5.41) is 11.6. The van der Waals surface area contributed by atoms with Gasteiger partial charge in [0.1, 0.15) is 5.82 Å². The Kier molecular flexibility index (Phi) is 3.02. The Labute approximate surface area is 117 Å². The highest BCUT2D eigenvalue weighted by molar-refractivity contribution is 5.70. The fourth-order valence-corrected chi connectivity index (χ4v) is 2.06. The second-order valence-corrected chi connectivity index (χ2v) is 4.53. The lowest BCUT2D eigenvalue weighted by Crippen LogP contribution is -2.16. The predicted molar refractivity (Wildman–Crippen MR) is 72.5 cm³/mol. The van der Waals surface area contributed by atoms with E-state index in [-0.39, 0.29) is 17.9 Å². The molecule has 0 spiro atoms. The molecule has 3 aromatic rings. The fraction of sp³-hybridized carbons (Fsp3) is 0.0714. The Hall–Kier alpha value is -2.96. The largest absolute Gasteiger partial charge is 0.481 e. The third kappa shape index (κ3) is 2.53. The van der Waals surface area contributed by atoms with Gasteiger partial charge >= 0.3 is 5.97 Å². The van der Waals surface area contributed by atoms with Gasteiger partial charge in [0.25, 0.3) is 5.56 Å². The molecule has 0 atom stereocenters. The lowest BCUT2D eigenvalue weighted by Gasteiger charge is -1.97. The van der Waals surface area contributed by atoms with Gasteiger partial charge < -0.3 is 5.11 Å². The molecule has 0 aliphatic rings. The minimum absolute atomic E-state index is 0.192. The molecule has 2 heterocycles. The molecule has 0 aliphatic heterocycles. The average Bonchev–Trinajstić information content (AvgIpc) is 2.83. The van der Waals surface area contributed by atoms with Crippen molar-refractivity contribution in [2.75, 3.05) is 0 Å². The van der Waals surface area contributed by atoms with E-state index < -0.39 is 11.5 Å². The number of hydrogen-bond donors (Lipinski definition) is 2. The Balaban J connectivity index is 2.11. The van der Waals surface area contributed by atoms with Crippen LogP contribution in [0.3, 0.4) is 0 Å². The zero-order valence-corrected chi connectivity index (χ0v) is 10.7. The molecule has 0 saturated carbocycles. The zero-order valence-electron chi connectivity index (χ0n) is 10.7. The van der Waals surface area contributed by atoms with Gasteiger partial charge in [-0.15, -0.1) is 0 Å². The number of nitrogens with one attached hydrogen (secondary N) is 1. The molecular weight excluding hydrogens is 277 g/mol. The van der Waals surface area contributed by atoms with Crippen molar-refractivity contribution >= 4 is 11.6 Å². The number of carboxylic acid groups (broad SMARTS) is 1. The summed E-state index contributed by atoms with van der Waals surface area (Å²) in [5.74, 6) is -1.41. The molecule has 7 heteroatoms. The van der Waals surface area contributed by atoms with Crippen LogP contribution in [0.15, 0.2) is 41.2 Å². The first-order valence-electron chi connectivity index (χ1n) is 6.12. The van der Waals surface area contributed by atoms with Crippen LogP contribution in [-0.2, 0) is 11.2 Å². The summed E-state index contributed by atoms with van der Waals surface area (Å²) in [6.07, 6.45) is -0.317. The van der Waals surface area contributed by atoms with Crippen LogP contribution >= 0.6 is 0 Å². The first-order chi connectivity index (χ1) is 10.0. The van der Waals surface area contributed by atoms with Gasteiger partial charge in [-0.3, -0.25) is 14.7 Å². The van der Waals surface area contributed by atoms with Crippen LogP contribution in [-0.4, -0.2) is 25.7 Å². The van der Waals surface area contributed by atoms with Crippen LogP contribution < -0.4 is 5.56 Å². The van der Waals surface area contributed by atoms with Crippen molar-refractivity contribution in [1.29, 1.82) is 0 Å². The van der Waals surface area contributed by atoms with E-state index in [1.165, 1.54) is 22.7 Å². The van der Waals surface area contributed by atoms with E-state index in [4.69, 9.17) is 5.11 Å². The third-order valence-corrected chi connectivity index (χ3v) is 2.99. The molecule has 0 fully saturated rings. The van der Waals surface area contributed by atoms with E-state index in [9.17, 15) is 14.0 Å². The molecule has 6 nitrogen and oxygen atoms in total. The van der Waals surface area contributed by atoms with Crippen LogP contribution in [0.5, 0.6) is 0 Å². The topological polar surface area (TPSA) is 87.5 Å². The normalized spacial score (nSPS) is 10.9. The number of rotatable bonds is 3. The molecule has 0 unspecified atom stereocenters.